The normalized spacial score (nSPS) is 12.2. The lowest BCUT2D eigenvalue weighted by Crippen LogP contribution is -2.10. The summed E-state index contributed by atoms with van der Waals surface area (Å²) >= 11 is 0. The SMILES string of the molecule is COc1cc(OC(CC(C)C)c2ccccc2)ccc1-c1ccc(C(C)C)cc1. The monoisotopic (exact) mass is 388 g/mol. The number of ether oxygens (including phenoxy) is 2. The molecule has 0 aromatic heterocycles. The molecule has 0 saturated carbocycles. The van der Waals surface area contributed by atoms with E-state index in [0.717, 1.165) is 29.0 Å². The summed E-state index contributed by atoms with van der Waals surface area (Å²) < 4.78 is 12.1. The minimum atomic E-state index is 0.0251. The van der Waals surface area contributed by atoms with Crippen LogP contribution in [-0.2, 0) is 0 Å². The topological polar surface area (TPSA) is 18.5 Å². The Hall–Kier alpha value is -2.74. The highest BCUT2D eigenvalue weighted by atomic mass is 16.5. The van der Waals surface area contributed by atoms with E-state index in [4.69, 9.17) is 9.47 Å². The Morgan fingerprint density at radius 3 is 2.03 bits per heavy atom. The molecule has 0 fully saturated rings. The zero-order chi connectivity index (χ0) is 20.8. The molecule has 152 valence electrons. The minimum Gasteiger partial charge on any atom is -0.496 e. The van der Waals surface area contributed by atoms with Crippen molar-refractivity contribution in [3.05, 3.63) is 83.9 Å². The zero-order valence-electron chi connectivity index (χ0n) is 18.2. The van der Waals surface area contributed by atoms with Crippen molar-refractivity contribution in [2.24, 2.45) is 5.92 Å². The van der Waals surface area contributed by atoms with Crippen molar-refractivity contribution in [1.82, 2.24) is 0 Å². The fourth-order valence-electron chi connectivity index (χ4n) is 3.54. The first kappa shape index (κ1) is 21.0. The lowest BCUT2D eigenvalue weighted by Gasteiger charge is -2.22. The summed E-state index contributed by atoms with van der Waals surface area (Å²) in [4.78, 5) is 0. The Balaban J connectivity index is 1.87. The highest BCUT2D eigenvalue weighted by molar-refractivity contribution is 5.71. The Kier molecular flexibility index (Phi) is 6.98. The van der Waals surface area contributed by atoms with E-state index < -0.39 is 0 Å². The van der Waals surface area contributed by atoms with E-state index in [1.165, 1.54) is 11.1 Å². The largest absolute Gasteiger partial charge is 0.496 e. The summed E-state index contributed by atoms with van der Waals surface area (Å²) in [6, 6.07) is 25.3. The summed E-state index contributed by atoms with van der Waals surface area (Å²) in [6.07, 6.45) is 0.988. The second kappa shape index (κ2) is 9.65. The van der Waals surface area contributed by atoms with Crippen molar-refractivity contribution in [2.45, 2.75) is 46.1 Å². The van der Waals surface area contributed by atoms with Gasteiger partial charge >= 0.3 is 0 Å². The predicted molar refractivity (Wildman–Crippen MR) is 122 cm³/mol. The number of hydrogen-bond donors (Lipinski definition) is 0. The number of hydrogen-bond acceptors (Lipinski definition) is 2. The third-order valence-corrected chi connectivity index (χ3v) is 5.20. The summed E-state index contributed by atoms with van der Waals surface area (Å²) in [5.74, 6) is 2.73. The first-order valence-corrected chi connectivity index (χ1v) is 10.5. The lowest BCUT2D eigenvalue weighted by molar-refractivity contribution is 0.177. The molecule has 1 atom stereocenters. The van der Waals surface area contributed by atoms with Crippen LogP contribution in [0, 0.1) is 5.92 Å². The van der Waals surface area contributed by atoms with Gasteiger partial charge in [-0.3, -0.25) is 0 Å². The van der Waals surface area contributed by atoms with E-state index in [-0.39, 0.29) is 6.10 Å². The number of rotatable bonds is 8. The Morgan fingerprint density at radius 1 is 0.759 bits per heavy atom. The number of methoxy groups -OCH3 is 1. The summed E-state index contributed by atoms with van der Waals surface area (Å²) in [5, 5.41) is 0. The Labute approximate surface area is 175 Å². The number of benzene rings is 3. The Bertz CT molecular complexity index is 896. The molecule has 3 aromatic carbocycles. The van der Waals surface area contributed by atoms with Gasteiger partial charge in [0.25, 0.3) is 0 Å². The molecule has 2 heteroatoms. The fourth-order valence-corrected chi connectivity index (χ4v) is 3.54. The van der Waals surface area contributed by atoms with Gasteiger partial charge in [0.2, 0.25) is 0 Å². The second-order valence-electron chi connectivity index (χ2n) is 8.29. The average molecular weight is 389 g/mol. The predicted octanol–water partition coefficient (Wildman–Crippen LogP) is 7.65. The molecule has 1 unspecified atom stereocenters. The van der Waals surface area contributed by atoms with Gasteiger partial charge in [-0.05, 0) is 47.1 Å². The van der Waals surface area contributed by atoms with Gasteiger partial charge in [0.05, 0.1) is 7.11 Å². The third-order valence-electron chi connectivity index (χ3n) is 5.20. The smallest absolute Gasteiger partial charge is 0.130 e. The van der Waals surface area contributed by atoms with Crippen LogP contribution >= 0.6 is 0 Å². The summed E-state index contributed by atoms with van der Waals surface area (Å²) in [6.45, 7) is 8.87. The van der Waals surface area contributed by atoms with Gasteiger partial charge in [0.15, 0.2) is 0 Å². The minimum absolute atomic E-state index is 0.0251. The van der Waals surface area contributed by atoms with E-state index in [1.54, 1.807) is 7.11 Å². The van der Waals surface area contributed by atoms with Crippen molar-refractivity contribution >= 4 is 0 Å². The molecule has 0 radical (unpaired) electrons. The molecule has 0 heterocycles. The maximum Gasteiger partial charge on any atom is 0.130 e. The van der Waals surface area contributed by atoms with Gasteiger partial charge in [-0.1, -0.05) is 82.3 Å². The molecule has 0 aliphatic heterocycles. The maximum absolute atomic E-state index is 6.42. The fraction of sp³-hybridized carbons (Fsp3) is 0.333. The quantitative estimate of drug-likeness (QED) is 0.394. The molecule has 0 bridgehead atoms. The molecule has 0 spiro atoms. The molecule has 29 heavy (non-hydrogen) atoms. The third kappa shape index (κ3) is 5.41. The van der Waals surface area contributed by atoms with Gasteiger partial charge in [0.1, 0.15) is 17.6 Å². The van der Waals surface area contributed by atoms with Crippen LogP contribution in [0.4, 0.5) is 0 Å². The van der Waals surface area contributed by atoms with Gasteiger partial charge in [-0.15, -0.1) is 0 Å². The lowest BCUT2D eigenvalue weighted by atomic mass is 9.98. The van der Waals surface area contributed by atoms with Crippen molar-refractivity contribution in [3.8, 4) is 22.6 Å². The maximum atomic E-state index is 6.42. The zero-order valence-corrected chi connectivity index (χ0v) is 18.2. The summed E-state index contributed by atoms with van der Waals surface area (Å²) in [7, 11) is 1.72. The average Bonchev–Trinajstić information content (AvgIpc) is 2.73. The molecule has 0 saturated heterocycles. The first-order chi connectivity index (χ1) is 14.0. The highest BCUT2D eigenvalue weighted by Crippen LogP contribution is 2.36. The van der Waals surface area contributed by atoms with Gasteiger partial charge in [-0.2, -0.15) is 0 Å². The van der Waals surface area contributed by atoms with Gasteiger partial charge in [-0.25, -0.2) is 0 Å². The molecule has 0 amide bonds. The molecule has 3 rings (SSSR count). The molecule has 0 N–H and O–H groups in total. The van der Waals surface area contributed by atoms with Crippen molar-refractivity contribution in [2.75, 3.05) is 7.11 Å². The van der Waals surface area contributed by atoms with Crippen molar-refractivity contribution in [3.63, 3.8) is 0 Å². The van der Waals surface area contributed by atoms with Crippen LogP contribution in [0.1, 0.15) is 57.3 Å². The van der Waals surface area contributed by atoms with E-state index in [2.05, 4.69) is 82.3 Å². The van der Waals surface area contributed by atoms with Crippen LogP contribution in [0.3, 0.4) is 0 Å². The highest BCUT2D eigenvalue weighted by Gasteiger charge is 2.17. The van der Waals surface area contributed by atoms with Crippen LogP contribution in [0.2, 0.25) is 0 Å². The molecule has 3 aromatic rings. The molecular weight excluding hydrogens is 356 g/mol. The van der Waals surface area contributed by atoms with Gasteiger partial charge in [0, 0.05) is 11.6 Å². The first-order valence-electron chi connectivity index (χ1n) is 10.5. The van der Waals surface area contributed by atoms with Crippen LogP contribution < -0.4 is 9.47 Å². The van der Waals surface area contributed by atoms with Crippen molar-refractivity contribution < 1.29 is 9.47 Å². The molecule has 2 nitrogen and oxygen atoms in total. The second-order valence-corrected chi connectivity index (χ2v) is 8.29. The molecule has 0 aliphatic rings. The van der Waals surface area contributed by atoms with E-state index in [9.17, 15) is 0 Å². The standard InChI is InChI=1S/C27H32O2/c1-19(2)17-26(23-9-7-6-8-10-23)29-24-15-16-25(27(18-24)28-5)22-13-11-21(12-14-22)20(3)4/h6-16,18-20,26H,17H2,1-5H3. The van der Waals surface area contributed by atoms with E-state index >= 15 is 0 Å². The van der Waals surface area contributed by atoms with Crippen LogP contribution in [-0.4, -0.2) is 7.11 Å². The summed E-state index contributed by atoms with van der Waals surface area (Å²) in [5.41, 5.74) is 4.77. The Morgan fingerprint density at radius 2 is 1.45 bits per heavy atom. The van der Waals surface area contributed by atoms with Gasteiger partial charge < -0.3 is 9.47 Å². The molecule has 0 aliphatic carbocycles. The van der Waals surface area contributed by atoms with Crippen molar-refractivity contribution in [1.29, 1.82) is 0 Å². The van der Waals surface area contributed by atoms with Crippen LogP contribution in [0.15, 0.2) is 72.8 Å². The van der Waals surface area contributed by atoms with Crippen LogP contribution in [0.5, 0.6) is 11.5 Å². The molecular formula is C27H32O2. The van der Waals surface area contributed by atoms with E-state index in [1.807, 2.05) is 18.2 Å². The van der Waals surface area contributed by atoms with E-state index in [0.29, 0.717) is 11.8 Å². The van der Waals surface area contributed by atoms with Crippen LogP contribution in [0.25, 0.3) is 11.1 Å².